The van der Waals surface area contributed by atoms with Gasteiger partial charge < -0.3 is 9.79 Å². The normalized spacial score (nSPS) is 19.7. The molecular formula is C26H33FN4O5S. The Labute approximate surface area is 216 Å². The molecule has 2 heterocycles. The summed E-state index contributed by atoms with van der Waals surface area (Å²) < 4.78 is 37.3. The Morgan fingerprint density at radius 2 is 1.76 bits per heavy atom. The van der Waals surface area contributed by atoms with E-state index in [4.69, 9.17) is 14.9 Å². The van der Waals surface area contributed by atoms with Crippen molar-refractivity contribution in [1.82, 2.24) is 14.8 Å². The minimum absolute atomic E-state index is 0.0631. The topological polar surface area (TPSA) is 115 Å². The average Bonchev–Trinajstić information content (AvgIpc) is 3.74. The first-order chi connectivity index (χ1) is 17.8. The highest BCUT2D eigenvalue weighted by atomic mass is 32.2. The van der Waals surface area contributed by atoms with Crippen molar-refractivity contribution in [3.8, 4) is 5.88 Å². The highest BCUT2D eigenvalue weighted by molar-refractivity contribution is 7.89. The summed E-state index contributed by atoms with van der Waals surface area (Å²) in [6.07, 6.45) is 7.60. The lowest BCUT2D eigenvalue weighted by atomic mass is 9.98. The van der Waals surface area contributed by atoms with Crippen molar-refractivity contribution >= 4 is 15.9 Å². The predicted molar refractivity (Wildman–Crippen MR) is 134 cm³/mol. The van der Waals surface area contributed by atoms with Gasteiger partial charge in [0.05, 0.1) is 4.90 Å². The van der Waals surface area contributed by atoms with Crippen molar-refractivity contribution < 1.29 is 27.4 Å². The summed E-state index contributed by atoms with van der Waals surface area (Å²) in [5.74, 6) is -0.0138. The van der Waals surface area contributed by atoms with E-state index in [1.807, 2.05) is 11.0 Å². The van der Waals surface area contributed by atoms with Crippen molar-refractivity contribution in [2.45, 2.75) is 68.4 Å². The number of hydrogen-bond donors (Lipinski definition) is 1. The molecular weight excluding hydrogens is 499 g/mol. The minimum atomic E-state index is -3.95. The number of halogens is 1. The van der Waals surface area contributed by atoms with Crippen LogP contribution in [0.25, 0.3) is 0 Å². The molecule has 200 valence electrons. The maximum absolute atomic E-state index is 14.5. The number of pyridine rings is 1. The predicted octanol–water partition coefficient (Wildman–Crippen LogP) is 3.35. The summed E-state index contributed by atoms with van der Waals surface area (Å²) >= 11 is 0. The maximum atomic E-state index is 14.5. The second-order valence-corrected chi connectivity index (χ2v) is 11.8. The van der Waals surface area contributed by atoms with Gasteiger partial charge in [0.1, 0.15) is 11.9 Å². The van der Waals surface area contributed by atoms with Crippen LogP contribution in [0.3, 0.4) is 0 Å². The largest absolute Gasteiger partial charge is 0.336 e. The maximum Gasteiger partial charge on any atom is 0.257 e. The van der Waals surface area contributed by atoms with E-state index < -0.39 is 15.8 Å². The molecule has 2 N–H and O–H groups in total. The van der Waals surface area contributed by atoms with E-state index in [2.05, 4.69) is 4.98 Å². The van der Waals surface area contributed by atoms with Crippen LogP contribution >= 0.6 is 0 Å². The van der Waals surface area contributed by atoms with Gasteiger partial charge in [-0.2, -0.15) is 4.89 Å². The zero-order valence-corrected chi connectivity index (χ0v) is 21.6. The van der Waals surface area contributed by atoms with E-state index in [-0.39, 0.29) is 16.9 Å². The van der Waals surface area contributed by atoms with E-state index in [9.17, 15) is 17.6 Å². The van der Waals surface area contributed by atoms with Crippen LogP contribution < -0.4 is 10.0 Å². The highest BCUT2D eigenvalue weighted by Crippen LogP contribution is 2.40. The van der Waals surface area contributed by atoms with Crippen molar-refractivity contribution in [2.24, 2.45) is 5.14 Å². The van der Waals surface area contributed by atoms with Gasteiger partial charge in [0, 0.05) is 61.5 Å². The van der Waals surface area contributed by atoms with Crippen molar-refractivity contribution in [2.75, 3.05) is 26.2 Å². The summed E-state index contributed by atoms with van der Waals surface area (Å²) in [5.41, 5.74) is 1.79. The van der Waals surface area contributed by atoms with Crippen molar-refractivity contribution in [3.63, 3.8) is 0 Å². The molecule has 2 aromatic rings. The fraction of sp³-hybridized carbons (Fsp3) is 0.538. The lowest BCUT2D eigenvalue weighted by molar-refractivity contribution is -0.253. The summed E-state index contributed by atoms with van der Waals surface area (Å²) in [6.45, 7) is 2.43. The van der Waals surface area contributed by atoms with E-state index in [1.165, 1.54) is 18.6 Å². The van der Waals surface area contributed by atoms with Gasteiger partial charge in [0.2, 0.25) is 10.0 Å². The number of benzene rings is 1. The molecule has 1 amide bonds. The molecule has 11 heteroatoms. The highest BCUT2D eigenvalue weighted by Gasteiger charge is 2.29. The fourth-order valence-corrected chi connectivity index (χ4v) is 5.45. The monoisotopic (exact) mass is 532 g/mol. The molecule has 0 radical (unpaired) electrons. The Bertz CT molecular complexity index is 1240. The van der Waals surface area contributed by atoms with E-state index in [0.29, 0.717) is 55.6 Å². The number of primary sulfonamides is 1. The number of aromatic nitrogens is 1. The lowest BCUT2D eigenvalue weighted by Gasteiger charge is -2.35. The van der Waals surface area contributed by atoms with Gasteiger partial charge in [-0.1, -0.05) is 25.3 Å². The van der Waals surface area contributed by atoms with Crippen LogP contribution in [0.15, 0.2) is 35.2 Å². The fourth-order valence-electron chi connectivity index (χ4n) is 4.92. The molecule has 1 aromatic carbocycles. The molecule has 3 fully saturated rings. The summed E-state index contributed by atoms with van der Waals surface area (Å²) in [6, 6.07) is 7.23. The van der Waals surface area contributed by atoms with Gasteiger partial charge in [-0.3, -0.25) is 9.69 Å². The second-order valence-electron chi connectivity index (χ2n) is 10.2. The molecule has 0 spiro atoms. The molecule has 2 aliphatic carbocycles. The van der Waals surface area contributed by atoms with E-state index >= 15 is 0 Å². The number of nitrogens with two attached hydrogens (primary N) is 1. The molecule has 1 aliphatic heterocycles. The van der Waals surface area contributed by atoms with Crippen LogP contribution in [0.5, 0.6) is 5.88 Å². The first-order valence-electron chi connectivity index (χ1n) is 12.9. The molecule has 0 unspecified atom stereocenters. The smallest absolute Gasteiger partial charge is 0.257 e. The zero-order chi connectivity index (χ0) is 26.0. The van der Waals surface area contributed by atoms with Gasteiger partial charge in [-0.15, -0.1) is 0 Å². The first-order valence-corrected chi connectivity index (χ1v) is 14.5. The van der Waals surface area contributed by atoms with Crippen molar-refractivity contribution in [1.29, 1.82) is 0 Å². The molecule has 5 rings (SSSR count). The van der Waals surface area contributed by atoms with Gasteiger partial charge >= 0.3 is 0 Å². The van der Waals surface area contributed by atoms with Gasteiger partial charge in [0.25, 0.3) is 11.8 Å². The van der Waals surface area contributed by atoms with Crippen LogP contribution in [-0.2, 0) is 21.5 Å². The summed E-state index contributed by atoms with van der Waals surface area (Å²) in [4.78, 5) is 32.8. The van der Waals surface area contributed by atoms with Gasteiger partial charge in [0.15, 0.2) is 0 Å². The Morgan fingerprint density at radius 1 is 1.03 bits per heavy atom. The van der Waals surface area contributed by atoms with Crippen LogP contribution in [0.2, 0.25) is 0 Å². The quantitative estimate of drug-likeness (QED) is 0.410. The standard InChI is InChI=1S/C26H33FN4O5S/c27-23-16-22(37(28,33)34)9-8-19(23)17-30-10-12-31(13-11-30)26(32)20-14-24(18-6-7-18)29-25(15-20)36-35-21-4-2-1-3-5-21/h8-9,14-16,18,21H,1-7,10-13,17H2,(H2,28,33,34). The average molecular weight is 533 g/mol. The Hall–Kier alpha value is -2.60. The molecule has 37 heavy (non-hydrogen) atoms. The number of amides is 1. The summed E-state index contributed by atoms with van der Waals surface area (Å²) in [7, 11) is -3.95. The Morgan fingerprint density at radius 3 is 2.41 bits per heavy atom. The zero-order valence-electron chi connectivity index (χ0n) is 20.8. The van der Waals surface area contributed by atoms with Gasteiger partial charge in [-0.25, -0.2) is 22.9 Å². The molecule has 1 saturated heterocycles. The number of nitrogens with zero attached hydrogens (tertiary/aromatic N) is 3. The number of sulfonamides is 1. The lowest BCUT2D eigenvalue weighted by Crippen LogP contribution is -2.48. The molecule has 2 saturated carbocycles. The summed E-state index contributed by atoms with van der Waals surface area (Å²) in [5, 5.41) is 5.08. The number of hydrogen-bond acceptors (Lipinski definition) is 7. The number of piperazine rings is 1. The van der Waals surface area contributed by atoms with E-state index in [0.717, 1.165) is 50.3 Å². The Kier molecular flexibility index (Phi) is 7.75. The van der Waals surface area contributed by atoms with Crippen molar-refractivity contribution in [3.05, 3.63) is 53.0 Å². The SMILES string of the molecule is NS(=O)(=O)c1ccc(CN2CCN(C(=O)c3cc(OOC4CCCCC4)nc(C4CC4)c3)CC2)c(F)c1. The first kappa shape index (κ1) is 26.0. The third-order valence-corrected chi connectivity index (χ3v) is 8.20. The van der Waals surface area contributed by atoms with Crippen LogP contribution in [0.1, 0.15) is 72.5 Å². The second kappa shape index (κ2) is 11.0. The van der Waals surface area contributed by atoms with Gasteiger partial charge in [-0.05, 0) is 43.9 Å². The molecule has 0 bridgehead atoms. The third kappa shape index (κ3) is 6.64. The Balaban J connectivity index is 1.20. The number of carbonyl (C=O) groups is 1. The number of carbonyl (C=O) groups excluding carboxylic acids is 1. The third-order valence-electron chi connectivity index (χ3n) is 7.29. The molecule has 9 nitrogen and oxygen atoms in total. The number of rotatable bonds is 8. The van der Waals surface area contributed by atoms with Crippen LogP contribution in [-0.4, -0.2) is 61.4 Å². The minimum Gasteiger partial charge on any atom is -0.336 e. The van der Waals surface area contributed by atoms with Crippen LogP contribution in [0.4, 0.5) is 4.39 Å². The molecule has 1 aromatic heterocycles. The molecule has 0 atom stereocenters. The van der Waals surface area contributed by atoms with E-state index in [1.54, 1.807) is 11.0 Å². The van der Waals surface area contributed by atoms with Crippen LogP contribution in [0, 0.1) is 5.82 Å². The molecule has 3 aliphatic rings.